The van der Waals surface area contributed by atoms with Crippen LogP contribution in [0.1, 0.15) is 71.5 Å². The fourth-order valence-electron chi connectivity index (χ4n) is 8.77. The Bertz CT molecular complexity index is 1730. The minimum absolute atomic E-state index is 0.0992. The van der Waals surface area contributed by atoms with Crippen LogP contribution in [0.25, 0.3) is 11.3 Å². The van der Waals surface area contributed by atoms with Crippen LogP contribution in [0.3, 0.4) is 0 Å². The summed E-state index contributed by atoms with van der Waals surface area (Å²) in [5.74, 6) is 0.875. The summed E-state index contributed by atoms with van der Waals surface area (Å²) in [5, 5.41) is 0. The molecular formula is C34H42N5O5S+. The average Bonchev–Trinajstić information content (AvgIpc) is 3.72. The number of benzene rings is 2. The number of quaternary nitrogens is 1. The minimum atomic E-state index is -4.03. The molecule has 2 aromatic carbocycles. The van der Waals surface area contributed by atoms with Gasteiger partial charge in [-0.25, -0.2) is 4.72 Å². The van der Waals surface area contributed by atoms with E-state index >= 15 is 0 Å². The number of ether oxygens (including phenoxy) is 1. The van der Waals surface area contributed by atoms with E-state index in [1.54, 1.807) is 13.2 Å². The number of carbonyl (C=O) groups excluding carboxylic acids is 2. The van der Waals surface area contributed by atoms with Crippen molar-refractivity contribution in [3.8, 4) is 5.75 Å². The van der Waals surface area contributed by atoms with Gasteiger partial charge in [-0.3, -0.25) is 19.4 Å². The molecule has 2 N–H and O–H groups in total. The Kier molecular flexibility index (Phi) is 6.90. The van der Waals surface area contributed by atoms with Crippen molar-refractivity contribution in [2.75, 3.05) is 60.0 Å². The molecule has 5 aliphatic heterocycles. The van der Waals surface area contributed by atoms with Crippen LogP contribution >= 0.6 is 0 Å². The van der Waals surface area contributed by atoms with Gasteiger partial charge in [0.05, 0.1) is 7.11 Å². The first kappa shape index (κ1) is 29.2. The van der Waals surface area contributed by atoms with Gasteiger partial charge in [-0.2, -0.15) is 12.7 Å². The van der Waals surface area contributed by atoms with Gasteiger partial charge in [0, 0.05) is 80.6 Å². The van der Waals surface area contributed by atoms with E-state index in [9.17, 15) is 18.0 Å². The summed E-state index contributed by atoms with van der Waals surface area (Å²) in [4.78, 5) is 33.6. The first-order valence-corrected chi connectivity index (χ1v) is 17.9. The normalized spacial score (nSPS) is 30.0. The lowest BCUT2D eigenvalue weighted by atomic mass is 9.79. The molecule has 3 fully saturated rings. The number of piperazine rings is 1. The second-order valence-electron chi connectivity index (χ2n) is 13.8. The van der Waals surface area contributed by atoms with E-state index in [1.165, 1.54) is 53.0 Å². The maximum Gasteiger partial charge on any atom is 0.303 e. The summed E-state index contributed by atoms with van der Waals surface area (Å²) >= 11 is 0. The molecule has 2 amide bonds. The molecule has 45 heavy (non-hydrogen) atoms. The molecule has 10 nitrogen and oxygen atoms in total. The average molecular weight is 633 g/mol. The van der Waals surface area contributed by atoms with Gasteiger partial charge in [0.2, 0.25) is 5.91 Å². The third-order valence-electron chi connectivity index (χ3n) is 11.4. The van der Waals surface area contributed by atoms with E-state index in [0.29, 0.717) is 50.7 Å². The first-order valence-electron chi connectivity index (χ1n) is 16.4. The minimum Gasteiger partial charge on any atom is -0.497 e. The van der Waals surface area contributed by atoms with Crippen molar-refractivity contribution in [1.29, 1.82) is 0 Å². The van der Waals surface area contributed by atoms with Crippen molar-refractivity contribution < 1.29 is 27.6 Å². The Balaban J connectivity index is 1.33. The number of rotatable bonds is 2. The number of fused-ring (bicyclic) bond motifs is 10. The maximum absolute atomic E-state index is 14.7. The van der Waals surface area contributed by atoms with Crippen molar-refractivity contribution in [3.05, 3.63) is 58.7 Å². The highest BCUT2D eigenvalue weighted by Gasteiger charge is 2.67. The molecule has 6 bridgehead atoms. The third-order valence-corrected chi connectivity index (χ3v) is 12.8. The van der Waals surface area contributed by atoms with Gasteiger partial charge in [0.15, 0.2) is 0 Å². The Morgan fingerprint density at radius 1 is 0.933 bits per heavy atom. The van der Waals surface area contributed by atoms with E-state index in [-0.39, 0.29) is 18.4 Å². The zero-order valence-electron chi connectivity index (χ0n) is 26.1. The lowest BCUT2D eigenvalue weighted by Crippen LogP contribution is -3.05. The maximum atomic E-state index is 14.7. The molecule has 7 aliphatic rings. The Labute approximate surface area is 265 Å². The quantitative estimate of drug-likeness (QED) is 0.527. The highest BCUT2D eigenvalue weighted by Crippen LogP contribution is 2.63. The summed E-state index contributed by atoms with van der Waals surface area (Å²) in [6.07, 6.45) is 6.63. The standard InChI is InChI=1S/C34H41N5O5S/c1-36-12-13-37-14-16-38(17-15-37)33(41)34-20-28(34)27-19-24(44-2)9-11-25(27)31-30(22-6-4-3-5-7-22)26-10-8-23(18-29(26)39(31)21-34)32(40)35-45(36,42)43/h8-11,18-19,22,28H,3-7,12-17,20-21H2,1-2H3,(H,35,40)/p+1. The number of amides is 2. The van der Waals surface area contributed by atoms with Gasteiger partial charge < -0.3 is 9.64 Å². The summed E-state index contributed by atoms with van der Waals surface area (Å²) in [5.41, 5.74) is 6.78. The monoisotopic (exact) mass is 632 g/mol. The van der Waals surface area contributed by atoms with Gasteiger partial charge in [0.25, 0.3) is 5.91 Å². The molecule has 5 heterocycles. The van der Waals surface area contributed by atoms with Gasteiger partial charge in [-0.05, 0) is 61.1 Å². The molecule has 3 unspecified atom stereocenters. The zero-order valence-corrected chi connectivity index (χ0v) is 26.9. The number of likely N-dealkylation sites (N-methyl/N-ethyl adjacent to an activating group) is 1. The number of allylic oxidation sites excluding steroid dienone is 1. The van der Waals surface area contributed by atoms with Crippen molar-refractivity contribution in [2.24, 2.45) is 11.3 Å². The molecule has 1 spiro atoms. The fraction of sp³-hybridized carbons (Fsp3) is 0.529. The van der Waals surface area contributed by atoms with Crippen LogP contribution in [0.2, 0.25) is 0 Å². The van der Waals surface area contributed by atoms with Crippen molar-refractivity contribution in [1.82, 2.24) is 18.8 Å². The molecule has 0 radical (unpaired) electrons. The highest BCUT2D eigenvalue weighted by molar-refractivity contribution is 7.87. The number of methoxy groups -OCH3 is 1. The lowest BCUT2D eigenvalue weighted by molar-refractivity contribution is -0.754. The third kappa shape index (κ3) is 4.65. The lowest BCUT2D eigenvalue weighted by Gasteiger charge is -2.37. The van der Waals surface area contributed by atoms with Gasteiger partial charge in [0.1, 0.15) is 29.1 Å². The topological polar surface area (TPSA) is 104 Å². The first-order chi connectivity index (χ1) is 21.7. The summed E-state index contributed by atoms with van der Waals surface area (Å²) in [7, 11) is -0.834. The van der Waals surface area contributed by atoms with Crippen LogP contribution in [0, 0.1) is 11.3 Å². The van der Waals surface area contributed by atoms with E-state index in [4.69, 9.17) is 4.74 Å². The molecule has 2 saturated carbocycles. The van der Waals surface area contributed by atoms with Crippen LogP contribution in [-0.2, 0) is 15.0 Å². The van der Waals surface area contributed by atoms with Gasteiger partial charge >= 0.3 is 10.2 Å². The summed E-state index contributed by atoms with van der Waals surface area (Å²) in [6.45, 7) is 4.02. The number of hydrogen-bond acceptors (Lipinski definition) is 6. The molecular weight excluding hydrogens is 590 g/mol. The molecule has 3 atom stereocenters. The second kappa shape index (κ2) is 10.7. The van der Waals surface area contributed by atoms with Crippen LogP contribution in [-0.4, -0.2) is 94.3 Å². The van der Waals surface area contributed by atoms with Crippen LogP contribution < -0.4 is 14.4 Å². The number of carbonyl (C=O) groups is 2. The molecule has 9 rings (SSSR count). The summed E-state index contributed by atoms with van der Waals surface area (Å²) < 4.78 is 35.6. The highest BCUT2D eigenvalue weighted by atomic mass is 32.2. The van der Waals surface area contributed by atoms with Crippen LogP contribution in [0.4, 0.5) is 5.69 Å². The predicted octanol–water partition coefficient (Wildman–Crippen LogP) is 2.23. The molecule has 2 aromatic rings. The second-order valence-corrected chi connectivity index (χ2v) is 15.6. The fourth-order valence-corrected chi connectivity index (χ4v) is 9.60. The Hall–Kier alpha value is -3.25. The van der Waals surface area contributed by atoms with Gasteiger partial charge in [-0.15, -0.1) is 0 Å². The zero-order chi connectivity index (χ0) is 31.1. The molecule has 0 aromatic heterocycles. The van der Waals surface area contributed by atoms with Crippen molar-refractivity contribution in [3.63, 3.8) is 0 Å². The number of hydrogen-bond donors (Lipinski definition) is 2. The SMILES string of the molecule is COc1ccc2c(c1)C1CC13C[NH+]1C2=C(C2CCCCC2)c2ccc(cc21)C(=O)NS(=O)(=O)N(C)CCN1CCN(CC1)C3=O. The summed E-state index contributed by atoms with van der Waals surface area (Å²) in [6, 6.07) is 12.0. The van der Waals surface area contributed by atoms with Crippen molar-refractivity contribution in [2.45, 2.75) is 44.4 Å². The van der Waals surface area contributed by atoms with E-state index in [0.717, 1.165) is 41.2 Å². The number of nitrogens with one attached hydrogen (secondary N) is 2. The van der Waals surface area contributed by atoms with E-state index in [1.807, 2.05) is 23.1 Å². The predicted molar refractivity (Wildman–Crippen MR) is 170 cm³/mol. The van der Waals surface area contributed by atoms with Crippen LogP contribution in [0.5, 0.6) is 5.75 Å². The van der Waals surface area contributed by atoms with E-state index < -0.39 is 21.5 Å². The largest absolute Gasteiger partial charge is 0.497 e. The molecule has 1 saturated heterocycles. The molecule has 2 aliphatic carbocycles. The smallest absolute Gasteiger partial charge is 0.303 e. The van der Waals surface area contributed by atoms with Crippen LogP contribution in [0.15, 0.2) is 36.4 Å². The Morgan fingerprint density at radius 3 is 2.42 bits per heavy atom. The number of nitrogens with zero attached hydrogens (tertiary/aromatic N) is 3. The van der Waals surface area contributed by atoms with Gasteiger partial charge in [-0.1, -0.05) is 19.3 Å². The Morgan fingerprint density at radius 2 is 1.67 bits per heavy atom. The van der Waals surface area contributed by atoms with E-state index in [2.05, 4.69) is 21.8 Å². The van der Waals surface area contributed by atoms with Crippen molar-refractivity contribution >= 4 is 39.0 Å². The molecule has 238 valence electrons. The molecule has 11 heteroatoms.